The number of amides is 1. The van der Waals surface area contributed by atoms with Crippen molar-refractivity contribution in [2.45, 2.75) is 44.6 Å². The van der Waals surface area contributed by atoms with Crippen LogP contribution in [0.3, 0.4) is 0 Å². The largest absolute Gasteiger partial charge is 0.483 e. The van der Waals surface area contributed by atoms with Gasteiger partial charge in [0.25, 0.3) is 5.92 Å². The maximum atomic E-state index is 14.5. The van der Waals surface area contributed by atoms with Crippen molar-refractivity contribution in [1.29, 1.82) is 5.26 Å². The Morgan fingerprint density at radius 3 is 2.68 bits per heavy atom. The molecule has 34 heavy (non-hydrogen) atoms. The number of nitrogens with one attached hydrogen (secondary N) is 1. The van der Waals surface area contributed by atoms with Crippen molar-refractivity contribution in [1.82, 2.24) is 4.98 Å². The Morgan fingerprint density at radius 2 is 2.03 bits per heavy atom. The first kappa shape index (κ1) is 25.1. The smallest absolute Gasteiger partial charge is 0.331 e. The fourth-order valence-electron chi connectivity index (χ4n) is 3.21. The SMILES string of the molecule is CCC(F)(F)[C@H](CCOC(=O)CO)Oc1ccc(-c2ccnc(NC(=O)C3CC3)c2)cc1C#N. The van der Waals surface area contributed by atoms with Gasteiger partial charge in [0.15, 0.2) is 6.10 Å². The fourth-order valence-corrected chi connectivity index (χ4v) is 3.21. The molecule has 8 nitrogen and oxygen atoms in total. The normalized spacial score (nSPS) is 14.1. The topological polar surface area (TPSA) is 122 Å². The molecule has 1 aromatic carbocycles. The maximum absolute atomic E-state index is 14.5. The van der Waals surface area contributed by atoms with Gasteiger partial charge < -0.3 is 19.9 Å². The number of carbonyl (C=O) groups excluding carboxylic acids is 2. The van der Waals surface area contributed by atoms with E-state index in [-0.39, 0.29) is 36.2 Å². The average molecular weight is 473 g/mol. The Kier molecular flexibility index (Phi) is 8.12. The van der Waals surface area contributed by atoms with Crippen LogP contribution < -0.4 is 10.1 Å². The van der Waals surface area contributed by atoms with Crippen LogP contribution in [-0.4, -0.2) is 47.2 Å². The van der Waals surface area contributed by atoms with E-state index < -0.39 is 31.0 Å². The molecular weight excluding hydrogens is 448 g/mol. The van der Waals surface area contributed by atoms with Crippen molar-refractivity contribution < 1.29 is 33.0 Å². The first-order chi connectivity index (χ1) is 16.3. The summed E-state index contributed by atoms with van der Waals surface area (Å²) in [7, 11) is 0. The van der Waals surface area contributed by atoms with E-state index in [0.29, 0.717) is 16.9 Å². The summed E-state index contributed by atoms with van der Waals surface area (Å²) < 4.78 is 39.1. The van der Waals surface area contributed by atoms with Crippen molar-refractivity contribution in [2.24, 2.45) is 5.92 Å². The highest BCUT2D eigenvalue weighted by Gasteiger charge is 2.40. The van der Waals surface area contributed by atoms with Gasteiger partial charge >= 0.3 is 5.97 Å². The molecule has 1 aromatic heterocycles. The molecule has 1 aliphatic rings. The fraction of sp³-hybridized carbons (Fsp3) is 0.417. The Labute approximate surface area is 195 Å². The van der Waals surface area contributed by atoms with Crippen molar-refractivity contribution >= 4 is 17.7 Å². The van der Waals surface area contributed by atoms with E-state index in [2.05, 4.69) is 15.0 Å². The second-order valence-electron chi connectivity index (χ2n) is 7.90. The highest BCUT2D eigenvalue weighted by molar-refractivity contribution is 5.93. The number of hydrogen-bond acceptors (Lipinski definition) is 7. The monoisotopic (exact) mass is 473 g/mol. The van der Waals surface area contributed by atoms with Gasteiger partial charge in [-0.1, -0.05) is 13.0 Å². The third-order valence-electron chi connectivity index (χ3n) is 5.38. The number of nitriles is 1. The Morgan fingerprint density at radius 1 is 1.29 bits per heavy atom. The van der Waals surface area contributed by atoms with Crippen molar-refractivity contribution in [3.63, 3.8) is 0 Å². The number of nitrogens with zero attached hydrogens (tertiary/aromatic N) is 2. The summed E-state index contributed by atoms with van der Waals surface area (Å²) >= 11 is 0. The molecule has 180 valence electrons. The van der Waals surface area contributed by atoms with E-state index in [4.69, 9.17) is 9.84 Å². The van der Waals surface area contributed by atoms with Crippen LogP contribution in [0.5, 0.6) is 5.75 Å². The molecule has 0 saturated heterocycles. The molecule has 2 N–H and O–H groups in total. The van der Waals surface area contributed by atoms with Gasteiger partial charge in [0, 0.05) is 25.0 Å². The molecule has 1 amide bonds. The minimum absolute atomic E-state index is 0.0217. The number of aliphatic hydroxyl groups is 1. The molecule has 2 aromatic rings. The maximum Gasteiger partial charge on any atom is 0.331 e. The van der Waals surface area contributed by atoms with Crippen LogP contribution in [-0.2, 0) is 14.3 Å². The third-order valence-corrected chi connectivity index (χ3v) is 5.38. The summed E-state index contributed by atoms with van der Waals surface area (Å²) in [6.45, 7) is 0.0795. The number of alkyl halides is 2. The second-order valence-corrected chi connectivity index (χ2v) is 7.90. The molecular formula is C24H25F2N3O5. The van der Waals surface area contributed by atoms with Crippen molar-refractivity contribution in [2.75, 3.05) is 18.5 Å². The number of hydrogen-bond donors (Lipinski definition) is 2. The van der Waals surface area contributed by atoms with Gasteiger partial charge in [-0.2, -0.15) is 5.26 Å². The summed E-state index contributed by atoms with van der Waals surface area (Å²) in [5.74, 6) is -3.88. The number of benzene rings is 1. The van der Waals surface area contributed by atoms with Crippen LogP contribution in [0, 0.1) is 17.2 Å². The van der Waals surface area contributed by atoms with Crippen LogP contribution in [0.1, 0.15) is 38.2 Å². The lowest BCUT2D eigenvalue weighted by molar-refractivity contribution is -0.150. The zero-order valence-electron chi connectivity index (χ0n) is 18.6. The molecule has 1 saturated carbocycles. The summed E-state index contributed by atoms with van der Waals surface area (Å²) in [5, 5.41) is 21.1. The number of pyridine rings is 1. The highest BCUT2D eigenvalue weighted by atomic mass is 19.3. The van der Waals surface area contributed by atoms with Gasteiger partial charge in [0.05, 0.1) is 12.2 Å². The van der Waals surface area contributed by atoms with E-state index >= 15 is 0 Å². The van der Waals surface area contributed by atoms with Gasteiger partial charge in [0.2, 0.25) is 5.91 Å². The third kappa shape index (κ3) is 6.48. The predicted octanol–water partition coefficient (Wildman–Crippen LogP) is 3.69. The Bertz CT molecular complexity index is 1080. The molecule has 3 rings (SSSR count). The first-order valence-electron chi connectivity index (χ1n) is 10.9. The standard InChI is InChI=1S/C24H25F2N3O5/c1-2-24(25,26)20(8-10-33-22(31)14-30)34-19-6-5-16(11-18(19)13-27)17-7-9-28-21(12-17)29-23(32)15-3-4-15/h5-7,9,11-12,15,20,30H,2-4,8,10,14H2,1H3,(H,28,29,32)/t20-/m0/s1. The van der Waals surface area contributed by atoms with Gasteiger partial charge in [-0.3, -0.25) is 4.79 Å². The number of aromatic nitrogens is 1. The minimum Gasteiger partial charge on any atom is -0.483 e. The summed E-state index contributed by atoms with van der Waals surface area (Å²) in [5.41, 5.74) is 1.33. The number of aliphatic hydroxyl groups excluding tert-OH is 1. The molecule has 0 spiro atoms. The predicted molar refractivity (Wildman–Crippen MR) is 118 cm³/mol. The quantitative estimate of drug-likeness (QED) is 0.478. The zero-order valence-corrected chi connectivity index (χ0v) is 18.6. The van der Waals surface area contributed by atoms with Gasteiger partial charge in [0.1, 0.15) is 24.2 Å². The number of rotatable bonds is 11. The lowest BCUT2D eigenvalue weighted by Crippen LogP contribution is -2.39. The number of carbonyl (C=O) groups is 2. The molecule has 10 heteroatoms. The van der Waals surface area contributed by atoms with Crippen LogP contribution >= 0.6 is 0 Å². The second kappa shape index (κ2) is 11.0. The number of anilines is 1. The van der Waals surface area contributed by atoms with E-state index in [1.807, 2.05) is 6.07 Å². The lowest BCUT2D eigenvalue weighted by Gasteiger charge is -2.27. The summed E-state index contributed by atoms with van der Waals surface area (Å²) in [6, 6.07) is 9.88. The zero-order chi connectivity index (χ0) is 24.7. The molecule has 0 radical (unpaired) electrons. The highest BCUT2D eigenvalue weighted by Crippen LogP contribution is 2.33. The molecule has 0 bridgehead atoms. The van der Waals surface area contributed by atoms with E-state index in [9.17, 15) is 23.6 Å². The Balaban J connectivity index is 1.78. The van der Waals surface area contributed by atoms with E-state index in [1.54, 1.807) is 18.2 Å². The Hall–Kier alpha value is -3.58. The lowest BCUT2D eigenvalue weighted by atomic mass is 10.0. The van der Waals surface area contributed by atoms with E-state index in [1.165, 1.54) is 25.3 Å². The van der Waals surface area contributed by atoms with Crippen molar-refractivity contribution in [3.8, 4) is 22.9 Å². The molecule has 0 unspecified atom stereocenters. The van der Waals surface area contributed by atoms with Crippen molar-refractivity contribution in [3.05, 3.63) is 42.1 Å². The van der Waals surface area contributed by atoms with Crippen LogP contribution in [0.2, 0.25) is 0 Å². The molecule has 1 fully saturated rings. The number of esters is 1. The van der Waals surface area contributed by atoms with E-state index in [0.717, 1.165) is 12.8 Å². The summed E-state index contributed by atoms with van der Waals surface area (Å²) in [4.78, 5) is 27.2. The molecule has 1 heterocycles. The van der Waals surface area contributed by atoms with Gasteiger partial charge in [-0.25, -0.2) is 18.6 Å². The number of halogens is 2. The molecule has 1 aliphatic carbocycles. The molecule has 0 aliphatic heterocycles. The van der Waals surface area contributed by atoms with Crippen LogP contribution in [0.15, 0.2) is 36.5 Å². The molecule has 1 atom stereocenters. The minimum atomic E-state index is -3.24. The first-order valence-corrected chi connectivity index (χ1v) is 10.9. The summed E-state index contributed by atoms with van der Waals surface area (Å²) in [6.07, 6.45) is 0.763. The van der Waals surface area contributed by atoms with Gasteiger partial charge in [-0.15, -0.1) is 0 Å². The average Bonchev–Trinajstić information content (AvgIpc) is 3.69. The van der Waals surface area contributed by atoms with Crippen LogP contribution in [0.4, 0.5) is 14.6 Å². The van der Waals surface area contributed by atoms with Crippen LogP contribution in [0.25, 0.3) is 11.1 Å². The number of ether oxygens (including phenoxy) is 2. The van der Waals surface area contributed by atoms with Gasteiger partial charge in [-0.05, 0) is 48.2 Å².